The molecule has 2 fully saturated rings. The minimum Gasteiger partial charge on any atom is -0.368 e. The van der Waals surface area contributed by atoms with Crippen molar-refractivity contribution < 1.29 is 0 Å². The van der Waals surface area contributed by atoms with Gasteiger partial charge in [0, 0.05) is 50.8 Å². The summed E-state index contributed by atoms with van der Waals surface area (Å²) < 4.78 is 2.37. The molecule has 1 saturated heterocycles. The van der Waals surface area contributed by atoms with Crippen molar-refractivity contribution in [2.75, 3.05) is 36.5 Å². The number of hydrogen-bond donors (Lipinski definition) is 1. The molecule has 0 spiro atoms. The van der Waals surface area contributed by atoms with Gasteiger partial charge in [0.15, 0.2) is 5.56 Å². The molecule has 0 amide bonds. The van der Waals surface area contributed by atoms with Gasteiger partial charge in [0.05, 0.1) is 0 Å². The van der Waals surface area contributed by atoms with E-state index in [1.165, 1.54) is 30.9 Å². The lowest BCUT2D eigenvalue weighted by Gasteiger charge is -2.48. The molecule has 1 aromatic rings. The van der Waals surface area contributed by atoms with Crippen molar-refractivity contribution in [3.63, 3.8) is 0 Å². The van der Waals surface area contributed by atoms with Crippen LogP contribution in [0.15, 0.2) is 9.59 Å². The van der Waals surface area contributed by atoms with Gasteiger partial charge in [-0.15, -0.1) is 0 Å². The Labute approximate surface area is 158 Å². The van der Waals surface area contributed by atoms with E-state index in [2.05, 4.69) is 10.2 Å². The van der Waals surface area contributed by atoms with E-state index in [-0.39, 0.29) is 11.1 Å². The first-order valence-corrected chi connectivity index (χ1v) is 10.4. The highest BCUT2D eigenvalue weighted by Gasteiger charge is 2.38. The Morgan fingerprint density at radius 1 is 1.12 bits per heavy atom. The highest BCUT2D eigenvalue weighted by Crippen LogP contribution is 2.35. The van der Waals surface area contributed by atoms with E-state index in [9.17, 15) is 14.9 Å². The first kappa shape index (κ1) is 19.1. The van der Waals surface area contributed by atoms with Gasteiger partial charge in [-0.25, -0.2) is 4.79 Å². The Bertz CT molecular complexity index is 811. The maximum absolute atomic E-state index is 12.3. The molecule has 1 aliphatic heterocycles. The third kappa shape index (κ3) is 3.42. The Balaban J connectivity index is 1.92. The van der Waals surface area contributed by atoms with E-state index in [0.717, 1.165) is 42.0 Å². The highest BCUT2D eigenvalue weighted by molar-refractivity contribution is 7.99. The van der Waals surface area contributed by atoms with Gasteiger partial charge < -0.3 is 5.32 Å². The fourth-order valence-corrected chi connectivity index (χ4v) is 5.16. The van der Waals surface area contributed by atoms with Gasteiger partial charge in [0.25, 0.3) is 5.56 Å². The molecule has 26 heavy (non-hydrogen) atoms. The molecule has 0 atom stereocenters. The van der Waals surface area contributed by atoms with Crippen LogP contribution in [-0.4, -0.2) is 50.7 Å². The molecule has 1 saturated carbocycles. The molecule has 1 aromatic heterocycles. The summed E-state index contributed by atoms with van der Waals surface area (Å²) in [5, 5.41) is 12.8. The van der Waals surface area contributed by atoms with Crippen molar-refractivity contribution in [3.8, 4) is 6.07 Å². The third-order valence-electron chi connectivity index (χ3n) is 5.83. The summed E-state index contributed by atoms with van der Waals surface area (Å²) >= 11 is 2.00. The summed E-state index contributed by atoms with van der Waals surface area (Å²) in [6.45, 7) is 2.81. The van der Waals surface area contributed by atoms with Gasteiger partial charge in [-0.3, -0.25) is 18.8 Å². The number of thioether (sulfide) groups is 1. The molecule has 142 valence electrons. The smallest absolute Gasteiger partial charge is 0.332 e. The van der Waals surface area contributed by atoms with Crippen LogP contribution >= 0.6 is 11.8 Å². The van der Waals surface area contributed by atoms with Crippen molar-refractivity contribution in [2.45, 2.75) is 37.6 Å². The lowest BCUT2D eigenvalue weighted by Crippen LogP contribution is -2.57. The highest BCUT2D eigenvalue weighted by atomic mass is 32.2. The second-order valence-corrected chi connectivity index (χ2v) is 8.50. The number of nitrogens with zero attached hydrogens (tertiary/aromatic N) is 4. The lowest BCUT2D eigenvalue weighted by atomic mass is 9.80. The Morgan fingerprint density at radius 3 is 2.38 bits per heavy atom. The van der Waals surface area contributed by atoms with Crippen LogP contribution < -0.4 is 16.6 Å². The molecule has 8 heteroatoms. The summed E-state index contributed by atoms with van der Waals surface area (Å²) in [6, 6.07) is 1.98. The third-order valence-corrected chi connectivity index (χ3v) is 6.77. The second-order valence-electron chi connectivity index (χ2n) is 7.28. The number of aromatic nitrogens is 2. The second kappa shape index (κ2) is 7.89. The number of rotatable bonds is 4. The zero-order valence-electron chi connectivity index (χ0n) is 15.6. The van der Waals surface area contributed by atoms with Crippen LogP contribution in [0, 0.1) is 11.3 Å². The van der Waals surface area contributed by atoms with Crippen LogP contribution in [0.2, 0.25) is 0 Å². The normalized spacial score (nSPS) is 20.5. The predicted molar refractivity (Wildman–Crippen MR) is 105 cm³/mol. The minimum atomic E-state index is -0.537. The molecule has 3 rings (SSSR count). The SMILES string of the molecule is Cn1c(NCC2(N3CCSCC3)CCCCC2)c(C#N)c(=O)n(C)c1=O. The average molecular weight is 378 g/mol. The molecule has 1 N–H and O–H groups in total. The van der Waals surface area contributed by atoms with E-state index in [0.29, 0.717) is 12.4 Å². The molecule has 7 nitrogen and oxygen atoms in total. The van der Waals surface area contributed by atoms with E-state index < -0.39 is 11.2 Å². The number of nitriles is 1. The molecular formula is C18H27N5O2S. The number of anilines is 1. The van der Waals surface area contributed by atoms with Crippen LogP contribution in [0.1, 0.15) is 37.7 Å². The first-order valence-electron chi connectivity index (χ1n) is 9.27. The van der Waals surface area contributed by atoms with Crippen LogP contribution in [0.3, 0.4) is 0 Å². The fraction of sp³-hybridized carbons (Fsp3) is 0.722. The summed E-state index contributed by atoms with van der Waals surface area (Å²) in [5.74, 6) is 2.64. The van der Waals surface area contributed by atoms with E-state index in [1.54, 1.807) is 7.05 Å². The molecule has 0 bridgehead atoms. The summed E-state index contributed by atoms with van der Waals surface area (Å²) in [6.07, 6.45) is 5.90. The standard InChI is InChI=1S/C18H27N5O2S/c1-21-15(14(12-19)16(24)22(2)17(21)25)20-13-18(6-4-3-5-7-18)23-8-10-26-11-9-23/h20H,3-11,13H2,1-2H3. The molecule has 0 aromatic carbocycles. The van der Waals surface area contributed by atoms with Gasteiger partial charge in [-0.2, -0.15) is 17.0 Å². The van der Waals surface area contributed by atoms with Gasteiger partial charge in [0.2, 0.25) is 0 Å². The maximum Gasteiger partial charge on any atom is 0.332 e. The predicted octanol–water partition coefficient (Wildman–Crippen LogP) is 1.12. The monoisotopic (exact) mass is 377 g/mol. The minimum absolute atomic E-state index is 0.00904. The number of nitrogens with one attached hydrogen (secondary N) is 1. The first-order chi connectivity index (χ1) is 12.5. The number of hydrogen-bond acceptors (Lipinski definition) is 6. The van der Waals surface area contributed by atoms with Crippen molar-refractivity contribution in [1.29, 1.82) is 5.26 Å². The maximum atomic E-state index is 12.3. The van der Waals surface area contributed by atoms with Crippen molar-refractivity contribution in [2.24, 2.45) is 14.1 Å². The average Bonchev–Trinajstić information content (AvgIpc) is 2.69. The van der Waals surface area contributed by atoms with Gasteiger partial charge in [-0.05, 0) is 12.8 Å². The Morgan fingerprint density at radius 2 is 1.77 bits per heavy atom. The molecule has 2 heterocycles. The topological polar surface area (TPSA) is 83.1 Å². The van der Waals surface area contributed by atoms with Crippen LogP contribution in [0.4, 0.5) is 5.82 Å². The molecule has 1 aliphatic carbocycles. The van der Waals surface area contributed by atoms with Crippen LogP contribution in [-0.2, 0) is 14.1 Å². The zero-order valence-corrected chi connectivity index (χ0v) is 16.4. The summed E-state index contributed by atoms with van der Waals surface area (Å²) in [5.41, 5.74) is -0.896. The van der Waals surface area contributed by atoms with Crippen molar-refractivity contribution in [1.82, 2.24) is 14.0 Å². The molecule has 0 unspecified atom stereocenters. The lowest BCUT2D eigenvalue weighted by molar-refractivity contribution is 0.0705. The van der Waals surface area contributed by atoms with Crippen molar-refractivity contribution >= 4 is 17.6 Å². The fourth-order valence-electron chi connectivity index (χ4n) is 4.25. The summed E-state index contributed by atoms with van der Waals surface area (Å²) in [4.78, 5) is 27.2. The van der Waals surface area contributed by atoms with Gasteiger partial charge in [0.1, 0.15) is 11.9 Å². The Hall–Kier alpha value is -1.72. The van der Waals surface area contributed by atoms with Crippen LogP contribution in [0.25, 0.3) is 0 Å². The zero-order chi connectivity index (χ0) is 18.7. The Kier molecular flexibility index (Phi) is 5.78. The summed E-state index contributed by atoms with van der Waals surface area (Å²) in [7, 11) is 3.01. The van der Waals surface area contributed by atoms with E-state index in [4.69, 9.17) is 0 Å². The largest absolute Gasteiger partial charge is 0.368 e. The molecule has 2 aliphatic rings. The quantitative estimate of drug-likeness (QED) is 0.847. The molecular weight excluding hydrogens is 350 g/mol. The van der Waals surface area contributed by atoms with Crippen LogP contribution in [0.5, 0.6) is 0 Å². The molecule has 0 radical (unpaired) electrons. The van der Waals surface area contributed by atoms with Gasteiger partial charge >= 0.3 is 5.69 Å². The van der Waals surface area contributed by atoms with E-state index >= 15 is 0 Å². The van der Waals surface area contributed by atoms with E-state index in [1.807, 2.05) is 17.8 Å². The van der Waals surface area contributed by atoms with Crippen molar-refractivity contribution in [3.05, 3.63) is 26.4 Å². The van der Waals surface area contributed by atoms with Gasteiger partial charge in [-0.1, -0.05) is 19.3 Å².